The number of pyridine rings is 1. The van der Waals surface area contributed by atoms with E-state index in [1.165, 1.54) is 0 Å². The van der Waals surface area contributed by atoms with Crippen molar-refractivity contribution in [2.75, 3.05) is 13.1 Å². The lowest BCUT2D eigenvalue weighted by molar-refractivity contribution is 0.538. The van der Waals surface area contributed by atoms with Crippen molar-refractivity contribution in [2.24, 2.45) is 5.73 Å². The maximum atomic E-state index is 5.69. The molecule has 1 heterocycles. The molecule has 1 atom stereocenters. The molecule has 0 bridgehead atoms. The molecule has 0 fully saturated rings. The van der Waals surface area contributed by atoms with Crippen LogP contribution in [0.15, 0.2) is 22.9 Å². The Morgan fingerprint density at radius 1 is 1.57 bits per heavy atom. The lowest BCUT2D eigenvalue weighted by Gasteiger charge is -2.16. The van der Waals surface area contributed by atoms with Crippen LogP contribution in [0.1, 0.15) is 24.9 Å². The summed E-state index contributed by atoms with van der Waals surface area (Å²) in [5, 5.41) is 3.38. The van der Waals surface area contributed by atoms with Gasteiger partial charge in [-0.15, -0.1) is 0 Å². The second-order valence-electron chi connectivity index (χ2n) is 3.18. The average Bonchev–Trinajstić information content (AvgIpc) is 2.19. The van der Waals surface area contributed by atoms with Crippen LogP contribution in [-0.4, -0.2) is 18.1 Å². The third-order valence-electron chi connectivity index (χ3n) is 2.00. The van der Waals surface area contributed by atoms with Gasteiger partial charge in [-0.05, 0) is 40.5 Å². The molecule has 0 aliphatic heterocycles. The summed E-state index contributed by atoms with van der Waals surface area (Å²) < 4.78 is 0.992. The van der Waals surface area contributed by atoms with E-state index in [4.69, 9.17) is 5.73 Å². The number of halogens is 1. The van der Waals surface area contributed by atoms with E-state index in [9.17, 15) is 0 Å². The maximum Gasteiger partial charge on any atom is 0.0460 e. The fourth-order valence-corrected chi connectivity index (χ4v) is 1.66. The van der Waals surface area contributed by atoms with E-state index in [1.807, 2.05) is 12.3 Å². The molecular weight excluding hydrogens is 242 g/mol. The van der Waals surface area contributed by atoms with Crippen LogP contribution in [0, 0.1) is 0 Å². The molecule has 14 heavy (non-hydrogen) atoms. The smallest absolute Gasteiger partial charge is 0.0460 e. The van der Waals surface area contributed by atoms with Crippen molar-refractivity contribution in [3.8, 4) is 0 Å². The zero-order valence-electron chi connectivity index (χ0n) is 8.33. The van der Waals surface area contributed by atoms with Gasteiger partial charge in [0, 0.05) is 29.5 Å². The monoisotopic (exact) mass is 257 g/mol. The van der Waals surface area contributed by atoms with E-state index in [2.05, 4.69) is 33.2 Å². The zero-order chi connectivity index (χ0) is 10.4. The summed E-state index contributed by atoms with van der Waals surface area (Å²) >= 11 is 3.40. The van der Waals surface area contributed by atoms with Gasteiger partial charge < -0.3 is 11.1 Å². The molecule has 0 aliphatic carbocycles. The molecule has 0 aromatic carbocycles. The van der Waals surface area contributed by atoms with E-state index in [0.29, 0.717) is 6.54 Å². The first kappa shape index (κ1) is 11.6. The molecule has 4 heteroatoms. The summed E-state index contributed by atoms with van der Waals surface area (Å²) in [6.07, 6.45) is 4.74. The lowest BCUT2D eigenvalue weighted by atomic mass is 10.1. The Kier molecular flexibility index (Phi) is 5.07. The van der Waals surface area contributed by atoms with Gasteiger partial charge in [0.05, 0.1) is 0 Å². The highest BCUT2D eigenvalue weighted by Crippen LogP contribution is 2.15. The average molecular weight is 258 g/mol. The number of nitrogens with zero attached hydrogens (tertiary/aromatic N) is 1. The Hall–Kier alpha value is -0.450. The van der Waals surface area contributed by atoms with Crippen molar-refractivity contribution < 1.29 is 0 Å². The third kappa shape index (κ3) is 3.36. The molecular formula is C10H16BrN3. The Morgan fingerprint density at radius 3 is 2.93 bits per heavy atom. The number of aromatic nitrogens is 1. The number of rotatable bonds is 5. The summed E-state index contributed by atoms with van der Waals surface area (Å²) in [6, 6.07) is 2.26. The van der Waals surface area contributed by atoms with Crippen LogP contribution in [0.3, 0.4) is 0 Å². The first-order chi connectivity index (χ1) is 6.77. The zero-order valence-corrected chi connectivity index (χ0v) is 9.92. The highest BCUT2D eigenvalue weighted by Gasteiger charge is 2.08. The van der Waals surface area contributed by atoms with Gasteiger partial charge >= 0.3 is 0 Å². The van der Waals surface area contributed by atoms with Crippen molar-refractivity contribution in [1.29, 1.82) is 0 Å². The molecule has 1 aromatic rings. The highest BCUT2D eigenvalue weighted by atomic mass is 79.9. The first-order valence-electron chi connectivity index (χ1n) is 4.81. The van der Waals surface area contributed by atoms with Crippen molar-refractivity contribution >= 4 is 15.9 Å². The molecule has 1 rings (SSSR count). The molecule has 1 aromatic heterocycles. The van der Waals surface area contributed by atoms with Crippen LogP contribution in [0.5, 0.6) is 0 Å². The van der Waals surface area contributed by atoms with E-state index in [-0.39, 0.29) is 6.04 Å². The van der Waals surface area contributed by atoms with Gasteiger partial charge in [0.15, 0.2) is 0 Å². The van der Waals surface area contributed by atoms with Crippen molar-refractivity contribution in [1.82, 2.24) is 10.3 Å². The van der Waals surface area contributed by atoms with Gasteiger partial charge in [0.25, 0.3) is 0 Å². The van der Waals surface area contributed by atoms with Gasteiger partial charge in [-0.3, -0.25) is 4.98 Å². The molecule has 78 valence electrons. The van der Waals surface area contributed by atoms with Gasteiger partial charge in [0.1, 0.15) is 0 Å². The standard InChI is InChI=1S/C10H16BrN3/c1-2-3-14-10(5-12)8-4-9(11)7-13-6-8/h4,6-7,10,14H,2-3,5,12H2,1H3. The van der Waals surface area contributed by atoms with Crippen LogP contribution < -0.4 is 11.1 Å². The first-order valence-corrected chi connectivity index (χ1v) is 5.61. The van der Waals surface area contributed by atoms with Crippen LogP contribution in [0.25, 0.3) is 0 Å². The van der Waals surface area contributed by atoms with Crippen LogP contribution in [0.4, 0.5) is 0 Å². The van der Waals surface area contributed by atoms with E-state index < -0.39 is 0 Å². The van der Waals surface area contributed by atoms with Gasteiger partial charge in [-0.25, -0.2) is 0 Å². The van der Waals surface area contributed by atoms with Gasteiger partial charge in [0.2, 0.25) is 0 Å². The number of hydrogen-bond acceptors (Lipinski definition) is 3. The summed E-state index contributed by atoms with van der Waals surface area (Å²) in [4.78, 5) is 4.12. The van der Waals surface area contributed by atoms with Crippen molar-refractivity contribution in [3.05, 3.63) is 28.5 Å². The van der Waals surface area contributed by atoms with E-state index in [0.717, 1.165) is 23.0 Å². The Bertz CT molecular complexity index is 278. The number of hydrogen-bond donors (Lipinski definition) is 2. The van der Waals surface area contributed by atoms with Crippen molar-refractivity contribution in [2.45, 2.75) is 19.4 Å². The quantitative estimate of drug-likeness (QED) is 0.847. The minimum atomic E-state index is 0.208. The maximum absolute atomic E-state index is 5.69. The lowest BCUT2D eigenvalue weighted by Crippen LogP contribution is -2.28. The molecule has 1 unspecified atom stereocenters. The number of nitrogens with one attached hydrogen (secondary N) is 1. The predicted octanol–water partition coefficient (Wildman–Crippen LogP) is 1.84. The summed E-state index contributed by atoms with van der Waals surface area (Å²) in [5.74, 6) is 0. The normalized spacial score (nSPS) is 12.8. The van der Waals surface area contributed by atoms with Gasteiger partial charge in [-0.1, -0.05) is 6.92 Å². The summed E-state index contributed by atoms with van der Waals surface area (Å²) in [6.45, 7) is 3.71. The fraction of sp³-hybridized carbons (Fsp3) is 0.500. The fourth-order valence-electron chi connectivity index (χ4n) is 1.27. The van der Waals surface area contributed by atoms with Crippen LogP contribution >= 0.6 is 15.9 Å². The Labute approximate surface area is 93.2 Å². The van der Waals surface area contributed by atoms with E-state index in [1.54, 1.807) is 6.20 Å². The molecule has 0 amide bonds. The second kappa shape index (κ2) is 6.11. The second-order valence-corrected chi connectivity index (χ2v) is 4.09. The highest BCUT2D eigenvalue weighted by molar-refractivity contribution is 9.10. The van der Waals surface area contributed by atoms with E-state index >= 15 is 0 Å². The van der Waals surface area contributed by atoms with Crippen molar-refractivity contribution in [3.63, 3.8) is 0 Å². The number of nitrogens with two attached hydrogens (primary N) is 1. The predicted molar refractivity (Wildman–Crippen MR) is 62.0 cm³/mol. The molecule has 0 aliphatic rings. The minimum Gasteiger partial charge on any atom is -0.329 e. The molecule has 0 radical (unpaired) electrons. The molecule has 0 saturated carbocycles. The molecule has 0 spiro atoms. The largest absolute Gasteiger partial charge is 0.329 e. The van der Waals surface area contributed by atoms with Crippen LogP contribution in [-0.2, 0) is 0 Å². The topological polar surface area (TPSA) is 50.9 Å². The summed E-state index contributed by atoms with van der Waals surface area (Å²) in [7, 11) is 0. The summed E-state index contributed by atoms with van der Waals surface area (Å²) in [5.41, 5.74) is 6.82. The Balaban J connectivity index is 2.68. The molecule has 3 N–H and O–H groups in total. The Morgan fingerprint density at radius 2 is 2.36 bits per heavy atom. The molecule has 0 saturated heterocycles. The minimum absolute atomic E-state index is 0.208. The molecule has 3 nitrogen and oxygen atoms in total. The van der Waals surface area contributed by atoms with Gasteiger partial charge in [-0.2, -0.15) is 0 Å². The van der Waals surface area contributed by atoms with Crippen LogP contribution in [0.2, 0.25) is 0 Å². The third-order valence-corrected chi connectivity index (χ3v) is 2.44. The SMILES string of the molecule is CCCNC(CN)c1cncc(Br)c1.